The van der Waals surface area contributed by atoms with Gasteiger partial charge in [0.25, 0.3) is 0 Å². The van der Waals surface area contributed by atoms with E-state index in [0.29, 0.717) is 6.61 Å². The van der Waals surface area contributed by atoms with Crippen LogP contribution in [0.2, 0.25) is 0 Å². The molecule has 1 N–H and O–H groups in total. The Morgan fingerprint density at radius 2 is 1.65 bits per heavy atom. The number of aliphatic carboxylic acids is 1. The number of nitrogens with zero attached hydrogens (tertiary/aromatic N) is 2. The maximum absolute atomic E-state index is 10.5. The first-order chi connectivity index (χ1) is 9.74. The van der Waals surface area contributed by atoms with Crippen LogP contribution in [0.15, 0.2) is 0 Å². The van der Waals surface area contributed by atoms with Gasteiger partial charge in [-0.2, -0.15) is 0 Å². The summed E-state index contributed by atoms with van der Waals surface area (Å²) in [5.41, 5.74) is 0. The third-order valence-electron chi connectivity index (χ3n) is 5.19. The molecule has 0 spiro atoms. The molecule has 0 aromatic heterocycles. The normalized spacial score (nSPS) is 32.6. The van der Waals surface area contributed by atoms with E-state index in [1.165, 1.54) is 32.4 Å². The number of fused-ring (bicyclic) bond motifs is 1. The summed E-state index contributed by atoms with van der Waals surface area (Å²) < 4.78 is 5.67. The summed E-state index contributed by atoms with van der Waals surface area (Å²) >= 11 is 0. The van der Waals surface area contributed by atoms with Gasteiger partial charge in [0, 0.05) is 31.7 Å². The standard InChI is InChI=1S/C15H26N2O3/c18-15(19)6-11-20-12-3-8-17(9-4-12)14-5-10-16-7-1-2-13(14)16/h12-14H,1-11H2,(H,18,19). The fraction of sp³-hybridized carbons (Fsp3) is 0.933. The lowest BCUT2D eigenvalue weighted by molar-refractivity contribution is -0.138. The second-order valence-electron chi connectivity index (χ2n) is 6.35. The van der Waals surface area contributed by atoms with Gasteiger partial charge in [0.15, 0.2) is 0 Å². The van der Waals surface area contributed by atoms with E-state index in [4.69, 9.17) is 9.84 Å². The minimum absolute atomic E-state index is 0.125. The lowest BCUT2D eigenvalue weighted by Crippen LogP contribution is -2.47. The highest BCUT2D eigenvalue weighted by atomic mass is 16.5. The summed E-state index contributed by atoms with van der Waals surface area (Å²) in [4.78, 5) is 15.8. The number of hydrogen-bond donors (Lipinski definition) is 1. The lowest BCUT2D eigenvalue weighted by atomic mass is 10.00. The van der Waals surface area contributed by atoms with Crippen molar-refractivity contribution in [2.24, 2.45) is 0 Å². The van der Waals surface area contributed by atoms with Crippen LogP contribution in [-0.2, 0) is 9.53 Å². The Morgan fingerprint density at radius 3 is 2.40 bits per heavy atom. The highest BCUT2D eigenvalue weighted by molar-refractivity contribution is 5.66. The van der Waals surface area contributed by atoms with E-state index in [1.54, 1.807) is 0 Å². The van der Waals surface area contributed by atoms with Gasteiger partial charge in [-0.05, 0) is 38.6 Å². The summed E-state index contributed by atoms with van der Waals surface area (Å²) in [6, 6.07) is 1.57. The van der Waals surface area contributed by atoms with Crippen LogP contribution >= 0.6 is 0 Å². The van der Waals surface area contributed by atoms with Crippen LogP contribution in [0.3, 0.4) is 0 Å². The molecule has 5 nitrogen and oxygen atoms in total. The van der Waals surface area contributed by atoms with Crippen molar-refractivity contribution < 1.29 is 14.6 Å². The number of hydrogen-bond acceptors (Lipinski definition) is 4. The molecule has 0 amide bonds. The van der Waals surface area contributed by atoms with E-state index in [2.05, 4.69) is 9.80 Å². The Bertz CT molecular complexity index is 342. The van der Waals surface area contributed by atoms with E-state index in [0.717, 1.165) is 38.0 Å². The first-order valence-electron chi connectivity index (χ1n) is 8.05. The van der Waals surface area contributed by atoms with Crippen molar-refractivity contribution in [2.75, 3.05) is 32.8 Å². The first kappa shape index (κ1) is 14.3. The van der Waals surface area contributed by atoms with E-state index in [1.807, 2.05) is 0 Å². The molecule has 2 atom stereocenters. The number of rotatable bonds is 5. The molecule has 2 unspecified atom stereocenters. The molecule has 114 valence electrons. The van der Waals surface area contributed by atoms with E-state index < -0.39 is 5.97 Å². The molecule has 0 aromatic rings. The van der Waals surface area contributed by atoms with Crippen molar-refractivity contribution in [1.82, 2.24) is 9.80 Å². The molecule has 3 saturated heterocycles. The van der Waals surface area contributed by atoms with Gasteiger partial charge in [-0.1, -0.05) is 0 Å². The molecule has 3 fully saturated rings. The van der Waals surface area contributed by atoms with Crippen LogP contribution < -0.4 is 0 Å². The smallest absolute Gasteiger partial charge is 0.305 e. The van der Waals surface area contributed by atoms with Crippen LogP contribution in [0, 0.1) is 0 Å². The average molecular weight is 282 g/mol. The predicted octanol–water partition coefficient (Wildman–Crippen LogP) is 1.18. The minimum atomic E-state index is -0.769. The third kappa shape index (κ3) is 3.15. The number of ether oxygens (including phenoxy) is 1. The Balaban J connectivity index is 1.41. The molecule has 20 heavy (non-hydrogen) atoms. The van der Waals surface area contributed by atoms with Gasteiger partial charge in [-0.25, -0.2) is 0 Å². The summed E-state index contributed by atoms with van der Waals surface area (Å²) in [7, 11) is 0. The van der Waals surface area contributed by atoms with E-state index >= 15 is 0 Å². The van der Waals surface area contributed by atoms with Crippen LogP contribution in [0.25, 0.3) is 0 Å². The zero-order chi connectivity index (χ0) is 13.9. The Hall–Kier alpha value is -0.650. The molecule has 3 rings (SSSR count). The van der Waals surface area contributed by atoms with Crippen molar-refractivity contribution in [2.45, 2.75) is 56.7 Å². The van der Waals surface area contributed by atoms with Crippen molar-refractivity contribution >= 4 is 5.97 Å². The molecule has 0 radical (unpaired) electrons. The second-order valence-corrected chi connectivity index (χ2v) is 6.35. The molecule has 3 heterocycles. The SMILES string of the molecule is O=C(O)CCOC1CCN(C2CCN3CCCC23)CC1. The summed E-state index contributed by atoms with van der Waals surface area (Å²) in [5.74, 6) is -0.769. The van der Waals surface area contributed by atoms with Gasteiger partial charge in [-0.15, -0.1) is 0 Å². The molecule has 3 aliphatic heterocycles. The Labute approximate surface area is 120 Å². The van der Waals surface area contributed by atoms with Crippen LogP contribution in [0.4, 0.5) is 0 Å². The highest BCUT2D eigenvalue weighted by Gasteiger charge is 2.40. The van der Waals surface area contributed by atoms with Crippen molar-refractivity contribution in [1.29, 1.82) is 0 Å². The zero-order valence-electron chi connectivity index (χ0n) is 12.2. The molecular weight excluding hydrogens is 256 g/mol. The topological polar surface area (TPSA) is 53.0 Å². The van der Waals surface area contributed by atoms with Crippen LogP contribution in [0.5, 0.6) is 0 Å². The number of carbonyl (C=O) groups is 1. The molecule has 3 aliphatic rings. The largest absolute Gasteiger partial charge is 0.481 e. The maximum Gasteiger partial charge on any atom is 0.305 e. The number of likely N-dealkylation sites (tertiary alicyclic amines) is 1. The summed E-state index contributed by atoms with van der Waals surface area (Å²) in [6.45, 7) is 5.18. The maximum atomic E-state index is 10.5. The van der Waals surface area contributed by atoms with Crippen molar-refractivity contribution in [3.63, 3.8) is 0 Å². The van der Waals surface area contributed by atoms with Crippen molar-refractivity contribution in [3.05, 3.63) is 0 Å². The van der Waals surface area contributed by atoms with Gasteiger partial charge in [0.1, 0.15) is 0 Å². The molecule has 0 aliphatic carbocycles. The predicted molar refractivity (Wildman–Crippen MR) is 75.8 cm³/mol. The fourth-order valence-corrected chi connectivity index (χ4v) is 4.17. The molecular formula is C15H26N2O3. The Kier molecular flexibility index (Phi) is 4.58. The highest BCUT2D eigenvalue weighted by Crippen LogP contribution is 2.32. The Morgan fingerprint density at radius 1 is 1.00 bits per heavy atom. The van der Waals surface area contributed by atoms with E-state index in [-0.39, 0.29) is 12.5 Å². The number of piperidine rings is 1. The number of carboxylic acid groups (broad SMARTS) is 1. The minimum Gasteiger partial charge on any atom is -0.481 e. The third-order valence-corrected chi connectivity index (χ3v) is 5.19. The lowest BCUT2D eigenvalue weighted by Gasteiger charge is -2.38. The fourth-order valence-electron chi connectivity index (χ4n) is 4.17. The summed E-state index contributed by atoms with van der Waals surface area (Å²) in [5, 5.41) is 8.62. The van der Waals surface area contributed by atoms with Crippen LogP contribution in [-0.4, -0.2) is 71.8 Å². The van der Waals surface area contributed by atoms with Gasteiger partial charge in [0.2, 0.25) is 0 Å². The first-order valence-corrected chi connectivity index (χ1v) is 8.05. The molecule has 0 aromatic carbocycles. The quantitative estimate of drug-likeness (QED) is 0.820. The molecule has 0 saturated carbocycles. The van der Waals surface area contributed by atoms with Gasteiger partial charge in [-0.3, -0.25) is 14.6 Å². The second kappa shape index (κ2) is 6.41. The van der Waals surface area contributed by atoms with Gasteiger partial charge in [0.05, 0.1) is 19.1 Å². The van der Waals surface area contributed by atoms with Crippen molar-refractivity contribution in [3.8, 4) is 0 Å². The van der Waals surface area contributed by atoms with Gasteiger partial charge >= 0.3 is 5.97 Å². The molecule has 5 heteroatoms. The monoisotopic (exact) mass is 282 g/mol. The summed E-state index contributed by atoms with van der Waals surface area (Å²) in [6.07, 6.45) is 6.59. The zero-order valence-corrected chi connectivity index (χ0v) is 12.2. The van der Waals surface area contributed by atoms with E-state index in [9.17, 15) is 4.79 Å². The molecule has 0 bridgehead atoms. The van der Waals surface area contributed by atoms with Crippen LogP contribution in [0.1, 0.15) is 38.5 Å². The number of carboxylic acids is 1. The average Bonchev–Trinajstić information content (AvgIpc) is 3.02. The van der Waals surface area contributed by atoms with Gasteiger partial charge < -0.3 is 9.84 Å².